The first-order valence-electron chi connectivity index (χ1n) is 34.2. The van der Waals surface area contributed by atoms with Crippen molar-refractivity contribution in [1.29, 1.82) is 0 Å². The molecule has 9 unspecified atom stereocenters. The first-order valence-corrected chi connectivity index (χ1v) is 34.2. The summed E-state index contributed by atoms with van der Waals surface area (Å²) in [4.78, 5) is 0. The topological polar surface area (TPSA) is 312 Å². The van der Waals surface area contributed by atoms with Crippen LogP contribution in [0.5, 0.6) is 69.0 Å². The number of aliphatic hydroxyl groups is 3. The lowest BCUT2D eigenvalue weighted by atomic mass is 9.97. The molecule has 15 rings (SSSR count). The summed E-state index contributed by atoms with van der Waals surface area (Å²) in [7, 11) is 9.55. The second kappa shape index (κ2) is 34.7. The predicted molar refractivity (Wildman–Crippen MR) is 362 cm³/mol. The number of aliphatic hydroxyl groups excluding tert-OH is 3. The lowest BCUT2D eigenvalue weighted by Crippen LogP contribution is -2.10. The third-order valence-corrected chi connectivity index (χ3v) is 17.2. The van der Waals surface area contributed by atoms with Crippen LogP contribution in [0.4, 0.5) is 0 Å². The average molecular weight is 1420 g/mol. The Hall–Kier alpha value is -7.68. The van der Waals surface area contributed by atoms with Gasteiger partial charge in [0, 0.05) is 33.4 Å². The van der Waals surface area contributed by atoms with Crippen molar-refractivity contribution in [2.75, 3.05) is 162 Å². The molecule has 9 atom stereocenters. The maximum atomic E-state index is 9.91. The van der Waals surface area contributed by atoms with Gasteiger partial charge in [0.2, 0.25) is 0 Å². The van der Waals surface area contributed by atoms with Gasteiger partial charge in [0.1, 0.15) is 94.6 Å². The summed E-state index contributed by atoms with van der Waals surface area (Å²) in [5, 5.41) is 29.5. The summed E-state index contributed by atoms with van der Waals surface area (Å²) in [5.41, 5.74) is 9.21. The van der Waals surface area contributed by atoms with Gasteiger partial charge in [-0.2, -0.15) is 0 Å². The molecule has 9 aliphatic rings. The van der Waals surface area contributed by atoms with E-state index in [1.54, 1.807) is 60.9 Å². The molecule has 0 amide bonds. The Balaban J connectivity index is 0.000000138. The quantitative estimate of drug-likeness (QED) is 0.0325. The highest BCUT2D eigenvalue weighted by atomic mass is 16.6. The van der Waals surface area contributed by atoms with Crippen LogP contribution in [0.25, 0.3) is 33.4 Å². The van der Waals surface area contributed by atoms with Crippen molar-refractivity contribution in [2.45, 2.75) is 94.6 Å². The third kappa shape index (κ3) is 20.6. The standard InChI is InChI=1S/C28H34O10.C25H30O9.C22H26O8/c1-29-25-5-17(7-31-9-19-11-33-19)3-23(27(25)37-15-21-13-35-21)24-4-18(8-32-10-20-12-34-20)6-26(30-2)28(24)38-16-22-14-36-22;1-27-22-5-15(7-26)3-20(24(22)33-13-18-11-31-18)21-4-16(8-29-9-17-10-30-17)6-23(28-2)25(21)34-14-19-12-32-19;1-25-19-5-13(7-23)3-17(21(19)29-11-15-9-27-15)18-4-14(8-24)6-20(26-2)22(18)30-12-16-10-28-16/h3-6,19-22H,7-16H2,1-2H3;3-6,17-19,26H,7-14H2,1-2H3;3-6,15-16,23-24H,7-12H2,1-2H3. The average Bonchev–Trinajstić information content (AvgIpc) is 1.77. The van der Waals surface area contributed by atoms with E-state index in [1.807, 2.05) is 42.5 Å². The van der Waals surface area contributed by atoms with Crippen LogP contribution in [0.15, 0.2) is 72.8 Å². The Morgan fingerprint density at radius 1 is 0.245 bits per heavy atom. The van der Waals surface area contributed by atoms with Crippen molar-refractivity contribution in [2.24, 2.45) is 0 Å². The summed E-state index contributed by atoms with van der Waals surface area (Å²) >= 11 is 0. The van der Waals surface area contributed by atoms with Crippen molar-refractivity contribution in [3.63, 3.8) is 0 Å². The van der Waals surface area contributed by atoms with Gasteiger partial charge < -0.3 is 129 Å². The summed E-state index contributed by atoms with van der Waals surface area (Å²) in [5.74, 6) is 6.63. The van der Waals surface area contributed by atoms with Crippen LogP contribution in [0.1, 0.15) is 33.4 Å². The molecule has 0 radical (unpaired) electrons. The van der Waals surface area contributed by atoms with Gasteiger partial charge in [-0.3, -0.25) is 0 Å². The Kier molecular flexibility index (Phi) is 24.7. The van der Waals surface area contributed by atoms with E-state index in [2.05, 4.69) is 12.1 Å². The fourth-order valence-corrected chi connectivity index (χ4v) is 10.9. The van der Waals surface area contributed by atoms with Crippen molar-refractivity contribution >= 4 is 0 Å². The highest BCUT2D eigenvalue weighted by molar-refractivity contribution is 5.84. The summed E-state index contributed by atoms with van der Waals surface area (Å²) in [6.45, 7) is 11.0. The number of hydrogen-bond donors (Lipinski definition) is 3. The molecule has 27 heteroatoms. The minimum atomic E-state index is -0.168. The Bertz CT molecular complexity index is 3590. The second-order valence-electron chi connectivity index (χ2n) is 25.5. The van der Waals surface area contributed by atoms with E-state index in [0.717, 1.165) is 58.8 Å². The molecule has 0 spiro atoms. The van der Waals surface area contributed by atoms with E-state index in [0.29, 0.717) is 216 Å². The zero-order valence-corrected chi connectivity index (χ0v) is 58.2. The van der Waals surface area contributed by atoms with Gasteiger partial charge in [-0.25, -0.2) is 0 Å². The van der Waals surface area contributed by atoms with E-state index in [1.165, 1.54) is 0 Å². The largest absolute Gasteiger partial charge is 0.493 e. The molecule has 6 aromatic rings. The van der Waals surface area contributed by atoms with Crippen molar-refractivity contribution < 1.29 is 129 Å². The molecule has 552 valence electrons. The Morgan fingerprint density at radius 2 is 0.402 bits per heavy atom. The monoisotopic (exact) mass is 1420 g/mol. The van der Waals surface area contributed by atoms with Crippen LogP contribution in [-0.2, 0) is 96.5 Å². The van der Waals surface area contributed by atoms with Crippen LogP contribution < -0.4 is 56.8 Å². The fraction of sp³-hybridized carbons (Fsp3) is 0.520. The fourth-order valence-electron chi connectivity index (χ4n) is 10.9. The Morgan fingerprint density at radius 3 is 0.559 bits per heavy atom. The lowest BCUT2D eigenvalue weighted by Gasteiger charge is -2.21. The van der Waals surface area contributed by atoms with Gasteiger partial charge in [-0.05, 0) is 106 Å². The number of epoxide rings is 9. The van der Waals surface area contributed by atoms with E-state index >= 15 is 0 Å². The minimum absolute atomic E-state index is 0.0566. The van der Waals surface area contributed by atoms with Gasteiger partial charge in [0.25, 0.3) is 0 Å². The van der Waals surface area contributed by atoms with Crippen LogP contribution in [0, 0.1) is 0 Å². The lowest BCUT2D eigenvalue weighted by molar-refractivity contribution is 0.104. The molecule has 9 aliphatic heterocycles. The first-order chi connectivity index (χ1) is 50.0. The van der Waals surface area contributed by atoms with Crippen LogP contribution in [0.3, 0.4) is 0 Å². The molecule has 0 saturated carbocycles. The predicted octanol–water partition coefficient (Wildman–Crippen LogP) is 7.00. The number of rotatable bonds is 42. The molecule has 102 heavy (non-hydrogen) atoms. The molecule has 9 fully saturated rings. The van der Waals surface area contributed by atoms with Crippen LogP contribution >= 0.6 is 0 Å². The SMILES string of the molecule is COc1cc(CO)cc(-c2cc(CO)cc(OC)c2OCC2CO2)c1OCC1CO1.COc1cc(CO)cc(-c2cc(COCC3CO3)cc(OC)c2OCC2CO2)c1OCC1CO1.COc1cc(COCC2CO2)cc(-c2cc(COCC3CO3)cc(OC)c2OCC2CO2)c1OCC1CO1. The normalized spacial score (nSPS) is 22.3. The smallest absolute Gasteiger partial charge is 0.169 e. The first kappa shape index (κ1) is 72.7. The molecule has 27 nitrogen and oxygen atoms in total. The molecule has 9 saturated heterocycles. The van der Waals surface area contributed by atoms with E-state index in [4.69, 9.17) is 114 Å². The molecule has 0 bridgehead atoms. The molecule has 3 N–H and O–H groups in total. The third-order valence-electron chi connectivity index (χ3n) is 17.2. The number of methoxy groups -OCH3 is 6. The Labute approximate surface area is 591 Å². The zero-order valence-electron chi connectivity index (χ0n) is 58.2. The molecule has 0 aliphatic carbocycles. The van der Waals surface area contributed by atoms with Crippen molar-refractivity contribution in [1.82, 2.24) is 0 Å². The maximum Gasteiger partial charge on any atom is 0.169 e. The highest BCUT2D eigenvalue weighted by Crippen LogP contribution is 2.51. The minimum Gasteiger partial charge on any atom is -0.493 e. The summed E-state index contributed by atoms with van der Waals surface area (Å²) < 4.78 is 136. The van der Waals surface area contributed by atoms with E-state index < -0.39 is 0 Å². The van der Waals surface area contributed by atoms with Gasteiger partial charge in [0.15, 0.2) is 69.0 Å². The number of benzene rings is 6. The van der Waals surface area contributed by atoms with Crippen LogP contribution in [-0.4, -0.2) is 232 Å². The van der Waals surface area contributed by atoms with E-state index in [9.17, 15) is 15.3 Å². The van der Waals surface area contributed by atoms with Gasteiger partial charge >= 0.3 is 0 Å². The summed E-state index contributed by atoms with van der Waals surface area (Å²) in [6, 6.07) is 22.7. The second-order valence-corrected chi connectivity index (χ2v) is 25.5. The highest BCUT2D eigenvalue weighted by Gasteiger charge is 2.34. The van der Waals surface area contributed by atoms with Crippen molar-refractivity contribution in [3.8, 4) is 102 Å². The maximum absolute atomic E-state index is 9.91. The molecular weight excluding hydrogens is 1330 g/mol. The van der Waals surface area contributed by atoms with Crippen LogP contribution in [0.2, 0.25) is 0 Å². The number of hydrogen-bond acceptors (Lipinski definition) is 27. The molecule has 9 heterocycles. The van der Waals surface area contributed by atoms with Gasteiger partial charge in [-0.1, -0.05) is 0 Å². The number of ether oxygens (including phenoxy) is 24. The molecule has 0 aromatic heterocycles. The molecular formula is C75H90O27. The van der Waals surface area contributed by atoms with E-state index in [-0.39, 0.29) is 74.8 Å². The van der Waals surface area contributed by atoms with Gasteiger partial charge in [0.05, 0.1) is 162 Å². The van der Waals surface area contributed by atoms with Gasteiger partial charge in [-0.15, -0.1) is 0 Å². The molecule has 6 aromatic carbocycles. The zero-order chi connectivity index (χ0) is 70.5. The summed E-state index contributed by atoms with van der Waals surface area (Å²) in [6.07, 6.45) is 0.955. The van der Waals surface area contributed by atoms with Crippen molar-refractivity contribution in [3.05, 3.63) is 106 Å².